The predicted octanol–water partition coefficient (Wildman–Crippen LogP) is 3.90. The van der Waals surface area contributed by atoms with Crippen LogP contribution in [0.25, 0.3) is 0 Å². The number of hydrogen-bond donors (Lipinski definition) is 3. The third-order valence-electron chi connectivity index (χ3n) is 4.51. The number of anilines is 2. The monoisotopic (exact) mass is 391 g/mol. The number of nitrogens with one attached hydrogen (secondary N) is 3. The Morgan fingerprint density at radius 1 is 1.00 bits per heavy atom. The van der Waals surface area contributed by atoms with E-state index in [2.05, 4.69) is 16.0 Å². The SMILES string of the molecule is O=C(Nc1cccc(C(F)(F)F)c1)c1cccc(NC(=O)C2CCCNC2)c1. The minimum Gasteiger partial charge on any atom is -0.326 e. The third-order valence-corrected chi connectivity index (χ3v) is 4.51. The smallest absolute Gasteiger partial charge is 0.326 e. The summed E-state index contributed by atoms with van der Waals surface area (Å²) in [6, 6.07) is 10.7. The van der Waals surface area contributed by atoms with Gasteiger partial charge in [-0.2, -0.15) is 13.2 Å². The molecule has 0 aromatic heterocycles. The molecule has 28 heavy (non-hydrogen) atoms. The molecule has 1 heterocycles. The number of hydrogen-bond acceptors (Lipinski definition) is 3. The lowest BCUT2D eigenvalue weighted by molar-refractivity contribution is -0.137. The molecule has 0 aliphatic carbocycles. The van der Waals surface area contributed by atoms with Gasteiger partial charge in [0.25, 0.3) is 5.91 Å². The Morgan fingerprint density at radius 2 is 1.71 bits per heavy atom. The highest BCUT2D eigenvalue weighted by Crippen LogP contribution is 2.30. The second kappa shape index (κ2) is 8.43. The van der Waals surface area contributed by atoms with Crippen LogP contribution in [0.4, 0.5) is 24.5 Å². The van der Waals surface area contributed by atoms with Gasteiger partial charge in [-0.1, -0.05) is 12.1 Å². The lowest BCUT2D eigenvalue weighted by Crippen LogP contribution is -2.37. The molecule has 8 heteroatoms. The third kappa shape index (κ3) is 5.10. The van der Waals surface area contributed by atoms with E-state index >= 15 is 0 Å². The van der Waals surface area contributed by atoms with Crippen molar-refractivity contribution in [2.75, 3.05) is 23.7 Å². The molecule has 1 unspecified atom stereocenters. The first-order valence-electron chi connectivity index (χ1n) is 8.93. The van der Waals surface area contributed by atoms with E-state index < -0.39 is 17.6 Å². The summed E-state index contributed by atoms with van der Waals surface area (Å²) < 4.78 is 38.4. The largest absolute Gasteiger partial charge is 0.416 e. The van der Waals surface area contributed by atoms with E-state index in [-0.39, 0.29) is 23.1 Å². The van der Waals surface area contributed by atoms with Crippen LogP contribution in [0.15, 0.2) is 48.5 Å². The average Bonchev–Trinajstić information content (AvgIpc) is 2.68. The van der Waals surface area contributed by atoms with Gasteiger partial charge in [-0.3, -0.25) is 9.59 Å². The van der Waals surface area contributed by atoms with Gasteiger partial charge >= 0.3 is 6.18 Å². The summed E-state index contributed by atoms with van der Waals surface area (Å²) in [5, 5.41) is 8.41. The van der Waals surface area contributed by atoms with Crippen molar-refractivity contribution in [1.82, 2.24) is 5.32 Å². The molecule has 2 amide bonds. The van der Waals surface area contributed by atoms with Gasteiger partial charge in [0, 0.05) is 23.5 Å². The zero-order valence-electron chi connectivity index (χ0n) is 15.0. The van der Waals surface area contributed by atoms with Gasteiger partial charge in [0.1, 0.15) is 0 Å². The number of amides is 2. The van der Waals surface area contributed by atoms with Crippen LogP contribution in [0.3, 0.4) is 0 Å². The zero-order chi connectivity index (χ0) is 20.1. The molecule has 5 nitrogen and oxygen atoms in total. The van der Waals surface area contributed by atoms with Gasteiger partial charge in [0.15, 0.2) is 0 Å². The molecule has 1 saturated heterocycles. The van der Waals surface area contributed by atoms with Crippen molar-refractivity contribution < 1.29 is 22.8 Å². The van der Waals surface area contributed by atoms with Crippen molar-refractivity contribution in [3.05, 3.63) is 59.7 Å². The van der Waals surface area contributed by atoms with E-state index in [9.17, 15) is 22.8 Å². The molecule has 1 fully saturated rings. The zero-order valence-corrected chi connectivity index (χ0v) is 15.0. The van der Waals surface area contributed by atoms with E-state index in [1.165, 1.54) is 24.3 Å². The van der Waals surface area contributed by atoms with Gasteiger partial charge in [-0.15, -0.1) is 0 Å². The van der Waals surface area contributed by atoms with Gasteiger partial charge in [0.05, 0.1) is 11.5 Å². The van der Waals surface area contributed by atoms with E-state index in [0.717, 1.165) is 31.5 Å². The number of alkyl halides is 3. The standard InChI is InChI=1S/C20H20F3N3O2/c21-20(22,23)15-6-2-8-17(11-15)26-18(27)13-4-1-7-16(10-13)25-19(28)14-5-3-9-24-12-14/h1-2,4,6-8,10-11,14,24H,3,5,9,12H2,(H,25,28)(H,26,27). The molecular formula is C20H20F3N3O2. The number of carbonyl (C=O) groups excluding carboxylic acids is 2. The van der Waals surface area contributed by atoms with Crippen LogP contribution in [-0.2, 0) is 11.0 Å². The first-order valence-corrected chi connectivity index (χ1v) is 8.93. The maximum absolute atomic E-state index is 12.8. The summed E-state index contributed by atoms with van der Waals surface area (Å²) in [6.45, 7) is 1.51. The highest BCUT2D eigenvalue weighted by Gasteiger charge is 2.30. The summed E-state index contributed by atoms with van der Waals surface area (Å²) in [4.78, 5) is 24.7. The van der Waals surface area contributed by atoms with Crippen molar-refractivity contribution in [3.8, 4) is 0 Å². The fourth-order valence-electron chi connectivity index (χ4n) is 3.03. The predicted molar refractivity (Wildman–Crippen MR) is 100 cm³/mol. The fraction of sp³-hybridized carbons (Fsp3) is 0.300. The number of piperidine rings is 1. The van der Waals surface area contributed by atoms with Crippen LogP contribution in [-0.4, -0.2) is 24.9 Å². The molecule has 2 aromatic carbocycles. The maximum Gasteiger partial charge on any atom is 0.416 e. The Kier molecular flexibility index (Phi) is 5.99. The summed E-state index contributed by atoms with van der Waals surface area (Å²) in [7, 11) is 0. The first-order chi connectivity index (χ1) is 13.3. The van der Waals surface area contributed by atoms with E-state index in [1.54, 1.807) is 12.1 Å². The van der Waals surface area contributed by atoms with Crippen LogP contribution in [0.1, 0.15) is 28.8 Å². The topological polar surface area (TPSA) is 70.2 Å². The Hall–Kier alpha value is -2.87. The Bertz CT molecular complexity index is 862. The lowest BCUT2D eigenvalue weighted by Gasteiger charge is -2.22. The van der Waals surface area contributed by atoms with Crippen LogP contribution in [0.5, 0.6) is 0 Å². The molecule has 0 bridgehead atoms. The Morgan fingerprint density at radius 3 is 2.39 bits per heavy atom. The van der Waals surface area contributed by atoms with Crippen molar-refractivity contribution in [2.45, 2.75) is 19.0 Å². The van der Waals surface area contributed by atoms with Crippen molar-refractivity contribution in [3.63, 3.8) is 0 Å². The van der Waals surface area contributed by atoms with E-state index in [4.69, 9.17) is 0 Å². The van der Waals surface area contributed by atoms with E-state index in [1.807, 2.05) is 0 Å². The van der Waals surface area contributed by atoms with Crippen LogP contribution >= 0.6 is 0 Å². The summed E-state index contributed by atoms with van der Waals surface area (Å²) in [5.74, 6) is -0.811. The van der Waals surface area contributed by atoms with Crippen LogP contribution < -0.4 is 16.0 Å². The Balaban J connectivity index is 1.68. The van der Waals surface area contributed by atoms with Crippen LogP contribution in [0.2, 0.25) is 0 Å². The molecule has 0 radical (unpaired) electrons. The number of rotatable bonds is 4. The second-order valence-corrected chi connectivity index (χ2v) is 6.65. The molecule has 2 aromatic rings. The highest BCUT2D eigenvalue weighted by molar-refractivity contribution is 6.05. The molecule has 0 spiro atoms. The summed E-state index contributed by atoms with van der Waals surface area (Å²) >= 11 is 0. The average molecular weight is 391 g/mol. The molecule has 1 atom stereocenters. The molecule has 0 saturated carbocycles. The van der Waals surface area contributed by atoms with Gasteiger partial charge < -0.3 is 16.0 Å². The van der Waals surface area contributed by atoms with Gasteiger partial charge in [-0.05, 0) is 55.8 Å². The number of halogens is 3. The maximum atomic E-state index is 12.8. The lowest BCUT2D eigenvalue weighted by atomic mass is 9.98. The summed E-state index contributed by atoms with van der Waals surface area (Å²) in [6.07, 6.45) is -2.76. The summed E-state index contributed by atoms with van der Waals surface area (Å²) in [5.41, 5.74) is -0.0980. The molecule has 1 aliphatic heterocycles. The second-order valence-electron chi connectivity index (χ2n) is 6.65. The fourth-order valence-corrected chi connectivity index (χ4v) is 3.03. The normalized spacial score (nSPS) is 17.0. The Labute approximate surface area is 160 Å². The molecule has 1 aliphatic rings. The van der Waals surface area contributed by atoms with Crippen molar-refractivity contribution in [1.29, 1.82) is 0 Å². The van der Waals surface area contributed by atoms with Crippen molar-refractivity contribution in [2.24, 2.45) is 5.92 Å². The molecular weight excluding hydrogens is 371 g/mol. The quantitative estimate of drug-likeness (QED) is 0.741. The minimum absolute atomic E-state index is 0.0440. The molecule has 148 valence electrons. The van der Waals surface area contributed by atoms with Gasteiger partial charge in [-0.25, -0.2) is 0 Å². The first kappa shape index (κ1) is 19.9. The molecule has 3 N–H and O–H groups in total. The number of benzene rings is 2. The molecule has 3 rings (SSSR count). The highest BCUT2D eigenvalue weighted by atomic mass is 19.4. The van der Waals surface area contributed by atoms with Crippen molar-refractivity contribution >= 4 is 23.2 Å². The van der Waals surface area contributed by atoms with Crippen LogP contribution in [0, 0.1) is 5.92 Å². The minimum atomic E-state index is -4.49. The van der Waals surface area contributed by atoms with E-state index in [0.29, 0.717) is 12.2 Å². The number of carbonyl (C=O) groups is 2. The van der Waals surface area contributed by atoms with Gasteiger partial charge in [0.2, 0.25) is 5.91 Å².